The molecule has 32 heavy (non-hydrogen) atoms. The quantitative estimate of drug-likeness (QED) is 0.512. The number of hydrogen-bond donors (Lipinski definition) is 2. The molecule has 2 aliphatic rings. The number of carbonyl (C=O) groups is 1. The lowest BCUT2D eigenvalue weighted by Crippen LogP contribution is -2.28. The minimum absolute atomic E-state index is 0.0385. The highest BCUT2D eigenvalue weighted by molar-refractivity contribution is 7.97. The van der Waals surface area contributed by atoms with E-state index in [4.69, 9.17) is 0 Å². The number of halogens is 2. The number of anilines is 1. The Morgan fingerprint density at radius 2 is 1.78 bits per heavy atom. The highest BCUT2D eigenvalue weighted by atomic mass is 32.2. The molecule has 3 aromatic rings. The van der Waals surface area contributed by atoms with E-state index in [2.05, 4.69) is 24.5 Å². The highest BCUT2D eigenvalue weighted by Crippen LogP contribution is 2.52. The van der Waals surface area contributed by atoms with Gasteiger partial charge in [-0.25, -0.2) is 4.98 Å². The molecule has 2 heterocycles. The maximum absolute atomic E-state index is 13.3. The lowest BCUT2D eigenvalue weighted by Gasteiger charge is -2.16. The molecular weight excluding hydrogens is 436 g/mol. The van der Waals surface area contributed by atoms with Gasteiger partial charge in [-0.1, -0.05) is 24.3 Å². The molecule has 1 aliphatic heterocycles. The number of nitrogens with zero attached hydrogens (tertiary/aromatic N) is 1. The number of amides is 1. The lowest BCUT2D eigenvalue weighted by molar-refractivity contribution is -0.286. The molecule has 0 saturated heterocycles. The monoisotopic (exact) mass is 455 g/mol. The number of benzene rings is 2. The van der Waals surface area contributed by atoms with Gasteiger partial charge in [0.15, 0.2) is 11.5 Å². The first-order chi connectivity index (χ1) is 15.4. The van der Waals surface area contributed by atoms with Crippen LogP contribution < -0.4 is 19.5 Å². The van der Waals surface area contributed by atoms with Gasteiger partial charge in [-0.15, -0.1) is 8.78 Å². The zero-order valence-electron chi connectivity index (χ0n) is 17.0. The van der Waals surface area contributed by atoms with E-state index in [0.29, 0.717) is 24.2 Å². The van der Waals surface area contributed by atoms with E-state index in [0.717, 1.165) is 16.2 Å². The summed E-state index contributed by atoms with van der Waals surface area (Å²) >= 11 is 1.52. The number of ether oxygens (including phenoxy) is 2. The van der Waals surface area contributed by atoms with Crippen molar-refractivity contribution in [1.82, 2.24) is 9.71 Å². The molecule has 2 N–H and O–H groups in total. The predicted octanol–water partition coefficient (Wildman–Crippen LogP) is 4.97. The fourth-order valence-electron chi connectivity index (χ4n) is 3.73. The number of aromatic nitrogens is 1. The summed E-state index contributed by atoms with van der Waals surface area (Å²) in [5.74, 6) is 0.100. The van der Waals surface area contributed by atoms with Crippen molar-refractivity contribution < 1.29 is 23.0 Å². The minimum atomic E-state index is -3.69. The van der Waals surface area contributed by atoms with Crippen LogP contribution in [0, 0.1) is 0 Å². The Labute approximate surface area is 187 Å². The van der Waals surface area contributed by atoms with Gasteiger partial charge in [0.05, 0.1) is 11.1 Å². The van der Waals surface area contributed by atoms with Crippen LogP contribution in [0.4, 0.5) is 14.6 Å². The second-order valence-electron chi connectivity index (χ2n) is 7.60. The van der Waals surface area contributed by atoms with Crippen LogP contribution in [0.5, 0.6) is 11.5 Å². The molecular formula is C23H19F2N3O3S. The molecule has 0 radical (unpaired) electrons. The second kappa shape index (κ2) is 7.75. The van der Waals surface area contributed by atoms with Crippen molar-refractivity contribution in [3.63, 3.8) is 0 Å². The number of hydrogen-bond acceptors (Lipinski definition) is 6. The van der Waals surface area contributed by atoms with E-state index in [9.17, 15) is 13.6 Å². The first kappa shape index (κ1) is 20.7. The van der Waals surface area contributed by atoms with E-state index in [-0.39, 0.29) is 17.4 Å². The first-order valence-electron chi connectivity index (χ1n) is 10.0. The Bertz CT molecular complexity index is 1180. The van der Waals surface area contributed by atoms with Crippen molar-refractivity contribution in [2.45, 2.75) is 29.4 Å². The number of rotatable bonds is 6. The summed E-state index contributed by atoms with van der Waals surface area (Å²) in [5.41, 5.74) is 1.49. The number of nitrogens with one attached hydrogen (secondary N) is 2. The van der Waals surface area contributed by atoms with Crippen LogP contribution in [0.3, 0.4) is 0 Å². The SMILES string of the molecule is CNSc1ccc(-c2cccc(NC(=O)C3(c4ccc5c(c4)OC(F)(F)O5)CC3)n2)cc1. The standard InChI is InChI=1S/C23H19F2N3O3S/c1-26-32-16-8-5-14(6-9-16)17-3-2-4-20(27-17)28-21(29)22(11-12-22)15-7-10-18-19(13-15)31-23(24,25)30-18/h2-10,13,26H,11-12H2,1H3,(H,27,28,29). The molecule has 1 fully saturated rings. The molecule has 0 spiro atoms. The summed E-state index contributed by atoms with van der Waals surface area (Å²) in [6.45, 7) is 0. The molecule has 1 aliphatic carbocycles. The van der Waals surface area contributed by atoms with E-state index < -0.39 is 11.7 Å². The molecule has 1 saturated carbocycles. The molecule has 0 atom stereocenters. The zero-order valence-corrected chi connectivity index (χ0v) is 17.8. The Balaban J connectivity index is 1.34. The average Bonchev–Trinajstić information content (AvgIpc) is 3.52. The molecule has 9 heteroatoms. The summed E-state index contributed by atoms with van der Waals surface area (Å²) in [5, 5.41) is 2.88. The van der Waals surface area contributed by atoms with Crippen molar-refractivity contribution in [1.29, 1.82) is 0 Å². The molecule has 6 nitrogen and oxygen atoms in total. The van der Waals surface area contributed by atoms with Crippen molar-refractivity contribution >= 4 is 23.7 Å². The van der Waals surface area contributed by atoms with Gasteiger partial charge < -0.3 is 14.8 Å². The lowest BCUT2D eigenvalue weighted by atomic mass is 9.94. The second-order valence-corrected chi connectivity index (χ2v) is 8.69. The van der Waals surface area contributed by atoms with Crippen LogP contribution in [0.1, 0.15) is 18.4 Å². The highest BCUT2D eigenvalue weighted by Gasteiger charge is 2.52. The summed E-state index contributed by atoms with van der Waals surface area (Å²) < 4.78 is 38.7. The third kappa shape index (κ3) is 3.89. The van der Waals surface area contributed by atoms with Gasteiger partial charge in [-0.3, -0.25) is 9.52 Å². The van der Waals surface area contributed by atoms with Gasteiger partial charge in [0.25, 0.3) is 0 Å². The molecule has 164 valence electrons. The minimum Gasteiger partial charge on any atom is -0.395 e. The van der Waals surface area contributed by atoms with Gasteiger partial charge >= 0.3 is 6.29 Å². The predicted molar refractivity (Wildman–Crippen MR) is 117 cm³/mol. The molecule has 2 aromatic carbocycles. The third-order valence-corrected chi connectivity index (χ3v) is 6.21. The van der Waals surface area contributed by atoms with E-state index >= 15 is 0 Å². The summed E-state index contributed by atoms with van der Waals surface area (Å²) in [6, 6.07) is 17.9. The Morgan fingerprint density at radius 3 is 2.50 bits per heavy atom. The van der Waals surface area contributed by atoms with E-state index in [1.807, 2.05) is 43.4 Å². The van der Waals surface area contributed by atoms with Crippen molar-refractivity contribution in [3.05, 3.63) is 66.2 Å². The fraction of sp³-hybridized carbons (Fsp3) is 0.217. The van der Waals surface area contributed by atoms with Gasteiger partial charge in [0.2, 0.25) is 5.91 Å². The van der Waals surface area contributed by atoms with E-state index in [1.165, 1.54) is 24.1 Å². The van der Waals surface area contributed by atoms with E-state index in [1.54, 1.807) is 12.1 Å². The first-order valence-corrected chi connectivity index (χ1v) is 10.8. The molecule has 1 amide bonds. The van der Waals surface area contributed by atoms with Crippen molar-refractivity contribution in [2.24, 2.45) is 0 Å². The average molecular weight is 455 g/mol. The Hall–Kier alpha value is -3.17. The largest absolute Gasteiger partial charge is 0.586 e. The summed E-state index contributed by atoms with van der Waals surface area (Å²) in [7, 11) is 1.86. The summed E-state index contributed by atoms with van der Waals surface area (Å²) in [6.07, 6.45) is -2.47. The number of carbonyl (C=O) groups excluding carboxylic acids is 1. The van der Waals surface area contributed by atoms with Crippen LogP contribution in [-0.4, -0.2) is 24.2 Å². The molecule has 1 aromatic heterocycles. The fourth-order valence-corrected chi connectivity index (χ4v) is 4.24. The van der Waals surface area contributed by atoms with Gasteiger partial charge in [-0.2, -0.15) is 0 Å². The molecule has 0 unspecified atom stereocenters. The molecule has 5 rings (SSSR count). The zero-order chi connectivity index (χ0) is 22.3. The number of fused-ring (bicyclic) bond motifs is 1. The van der Waals surface area contributed by atoms with Crippen LogP contribution >= 0.6 is 11.9 Å². The Kier molecular flexibility index (Phi) is 5.02. The number of alkyl halides is 2. The van der Waals surface area contributed by atoms with Crippen LogP contribution in [-0.2, 0) is 10.2 Å². The smallest absolute Gasteiger partial charge is 0.395 e. The van der Waals surface area contributed by atoms with Crippen LogP contribution in [0.25, 0.3) is 11.3 Å². The Morgan fingerprint density at radius 1 is 1.03 bits per heavy atom. The third-order valence-electron chi connectivity index (χ3n) is 5.50. The summed E-state index contributed by atoms with van der Waals surface area (Å²) in [4.78, 5) is 18.8. The van der Waals surface area contributed by atoms with Crippen LogP contribution in [0.15, 0.2) is 65.6 Å². The molecule has 0 bridgehead atoms. The van der Waals surface area contributed by atoms with Crippen LogP contribution in [0.2, 0.25) is 0 Å². The van der Waals surface area contributed by atoms with Crippen molar-refractivity contribution in [3.8, 4) is 22.8 Å². The van der Waals surface area contributed by atoms with Gasteiger partial charge in [0, 0.05) is 10.5 Å². The number of pyridine rings is 1. The maximum atomic E-state index is 13.3. The topological polar surface area (TPSA) is 72.5 Å². The van der Waals surface area contributed by atoms with Gasteiger partial charge in [-0.05, 0) is 73.8 Å². The van der Waals surface area contributed by atoms with Gasteiger partial charge in [0.1, 0.15) is 5.82 Å². The normalized spacial score (nSPS) is 17.1. The maximum Gasteiger partial charge on any atom is 0.586 e. The van der Waals surface area contributed by atoms with Crippen molar-refractivity contribution in [2.75, 3.05) is 12.4 Å².